The average Bonchev–Trinajstić information content (AvgIpc) is 3.04. The Morgan fingerprint density at radius 3 is 2.57 bits per heavy atom. The van der Waals surface area contributed by atoms with Gasteiger partial charge in [0.15, 0.2) is 0 Å². The summed E-state index contributed by atoms with van der Waals surface area (Å²) in [5, 5.41) is 8.74. The first kappa shape index (κ1) is 15.8. The van der Waals surface area contributed by atoms with Crippen LogP contribution in [0.4, 0.5) is 0 Å². The Morgan fingerprint density at radius 2 is 1.78 bits per heavy atom. The van der Waals surface area contributed by atoms with E-state index >= 15 is 0 Å². The molecule has 1 heterocycles. The van der Waals surface area contributed by atoms with Crippen molar-refractivity contribution in [2.45, 2.75) is 30.4 Å². The van der Waals surface area contributed by atoms with Gasteiger partial charge in [-0.15, -0.1) is 10.2 Å². The minimum absolute atomic E-state index is 0.280. The number of benzene rings is 2. The first-order chi connectivity index (χ1) is 11.2. The molecule has 0 aliphatic heterocycles. The minimum atomic E-state index is -0.280. The molecule has 0 radical (unpaired) electrons. The van der Waals surface area contributed by atoms with Crippen LogP contribution in [0.25, 0.3) is 0 Å². The van der Waals surface area contributed by atoms with Gasteiger partial charge >= 0.3 is 0 Å². The quantitative estimate of drug-likeness (QED) is 0.696. The summed E-state index contributed by atoms with van der Waals surface area (Å²) < 4.78 is 5.69. The molecule has 4 nitrogen and oxygen atoms in total. The number of nitrogens with two attached hydrogens (primary N) is 1. The molecule has 0 saturated heterocycles. The van der Waals surface area contributed by atoms with Gasteiger partial charge in [0.25, 0.3) is 5.22 Å². The zero-order chi connectivity index (χ0) is 16.1. The third kappa shape index (κ3) is 4.21. The topological polar surface area (TPSA) is 64.9 Å². The van der Waals surface area contributed by atoms with Crippen LogP contribution in [0.1, 0.15) is 28.6 Å². The lowest BCUT2D eigenvalue weighted by atomic mass is 10.1. The second-order valence-corrected chi connectivity index (χ2v) is 6.34. The van der Waals surface area contributed by atoms with E-state index in [2.05, 4.69) is 29.3 Å². The zero-order valence-corrected chi connectivity index (χ0v) is 13.8. The molecular weight excluding hydrogens is 306 g/mol. The molecule has 23 heavy (non-hydrogen) atoms. The van der Waals surface area contributed by atoms with Crippen LogP contribution in [0.15, 0.2) is 64.2 Å². The maximum Gasteiger partial charge on any atom is 0.276 e. The molecule has 0 aliphatic carbocycles. The molecule has 1 aromatic heterocycles. The van der Waals surface area contributed by atoms with Crippen molar-refractivity contribution in [3.05, 3.63) is 77.2 Å². The Morgan fingerprint density at radius 1 is 1.04 bits per heavy atom. The molecule has 3 rings (SSSR count). The van der Waals surface area contributed by atoms with E-state index in [-0.39, 0.29) is 6.04 Å². The van der Waals surface area contributed by atoms with Gasteiger partial charge in [-0.1, -0.05) is 66.4 Å². The molecule has 0 amide bonds. The first-order valence-electron chi connectivity index (χ1n) is 7.52. The number of aryl methyl sites for hydroxylation is 1. The van der Waals surface area contributed by atoms with E-state index < -0.39 is 0 Å². The highest BCUT2D eigenvalue weighted by molar-refractivity contribution is 7.98. The van der Waals surface area contributed by atoms with Gasteiger partial charge in [0, 0.05) is 5.75 Å². The Kier molecular flexibility index (Phi) is 5.10. The summed E-state index contributed by atoms with van der Waals surface area (Å²) in [7, 11) is 0. The SMILES string of the molecule is Cc1ccccc1CSc1nnc(C(N)Cc2ccccc2)o1. The van der Waals surface area contributed by atoms with Crippen molar-refractivity contribution in [2.75, 3.05) is 0 Å². The van der Waals surface area contributed by atoms with E-state index in [9.17, 15) is 0 Å². The number of aromatic nitrogens is 2. The first-order valence-corrected chi connectivity index (χ1v) is 8.51. The molecule has 1 atom stereocenters. The summed E-state index contributed by atoms with van der Waals surface area (Å²) in [6.45, 7) is 2.10. The van der Waals surface area contributed by atoms with Crippen molar-refractivity contribution in [1.29, 1.82) is 0 Å². The van der Waals surface area contributed by atoms with Crippen LogP contribution in [0, 0.1) is 6.92 Å². The lowest BCUT2D eigenvalue weighted by molar-refractivity contribution is 0.385. The summed E-state index contributed by atoms with van der Waals surface area (Å²) in [6.07, 6.45) is 0.685. The van der Waals surface area contributed by atoms with Gasteiger partial charge in [0.2, 0.25) is 5.89 Å². The Labute approximate surface area is 140 Å². The Balaban J connectivity index is 1.60. The van der Waals surface area contributed by atoms with Crippen molar-refractivity contribution in [3.8, 4) is 0 Å². The van der Waals surface area contributed by atoms with Crippen molar-refractivity contribution in [2.24, 2.45) is 5.73 Å². The molecule has 118 valence electrons. The Hall–Kier alpha value is -2.11. The zero-order valence-electron chi connectivity index (χ0n) is 13.0. The maximum absolute atomic E-state index is 6.17. The average molecular weight is 325 g/mol. The number of thioether (sulfide) groups is 1. The molecule has 1 unspecified atom stereocenters. The minimum Gasteiger partial charge on any atom is -0.414 e. The van der Waals surface area contributed by atoms with E-state index in [0.717, 1.165) is 11.3 Å². The third-order valence-corrected chi connectivity index (χ3v) is 4.52. The molecule has 0 saturated carbocycles. The second-order valence-electron chi connectivity index (χ2n) is 5.42. The van der Waals surface area contributed by atoms with Crippen molar-refractivity contribution >= 4 is 11.8 Å². The van der Waals surface area contributed by atoms with Gasteiger partial charge in [0.05, 0.1) is 6.04 Å². The number of nitrogens with zero attached hydrogens (tertiary/aromatic N) is 2. The number of hydrogen-bond donors (Lipinski definition) is 1. The van der Waals surface area contributed by atoms with E-state index in [1.807, 2.05) is 42.5 Å². The highest BCUT2D eigenvalue weighted by Crippen LogP contribution is 2.25. The number of hydrogen-bond acceptors (Lipinski definition) is 5. The van der Waals surface area contributed by atoms with Crippen molar-refractivity contribution in [1.82, 2.24) is 10.2 Å². The smallest absolute Gasteiger partial charge is 0.276 e. The standard InChI is InChI=1S/C18H19N3OS/c1-13-7-5-6-10-15(13)12-23-18-21-20-17(22-18)16(19)11-14-8-3-2-4-9-14/h2-10,16H,11-12,19H2,1H3. The third-order valence-electron chi connectivity index (χ3n) is 3.65. The van der Waals surface area contributed by atoms with E-state index in [1.54, 1.807) is 0 Å². The lowest BCUT2D eigenvalue weighted by Crippen LogP contribution is -2.13. The predicted molar refractivity (Wildman–Crippen MR) is 92.1 cm³/mol. The summed E-state index contributed by atoms with van der Waals surface area (Å²) in [4.78, 5) is 0. The van der Waals surface area contributed by atoms with Crippen LogP contribution in [-0.2, 0) is 12.2 Å². The monoisotopic (exact) mass is 325 g/mol. The second kappa shape index (κ2) is 7.44. The van der Waals surface area contributed by atoms with Crippen LogP contribution in [0.3, 0.4) is 0 Å². The highest BCUT2D eigenvalue weighted by Gasteiger charge is 2.15. The summed E-state index contributed by atoms with van der Waals surface area (Å²) in [5.41, 5.74) is 9.86. The molecule has 2 N–H and O–H groups in total. The van der Waals surface area contributed by atoms with Gasteiger partial charge in [-0.3, -0.25) is 0 Å². The van der Waals surface area contributed by atoms with Crippen LogP contribution in [-0.4, -0.2) is 10.2 Å². The predicted octanol–water partition coefficient (Wildman–Crippen LogP) is 3.91. The molecule has 0 fully saturated rings. The van der Waals surface area contributed by atoms with E-state index in [1.165, 1.54) is 22.9 Å². The van der Waals surface area contributed by atoms with Gasteiger partial charge in [-0.25, -0.2) is 0 Å². The van der Waals surface area contributed by atoms with Gasteiger partial charge in [0.1, 0.15) is 0 Å². The van der Waals surface area contributed by atoms with Crippen LogP contribution >= 0.6 is 11.8 Å². The fraction of sp³-hybridized carbons (Fsp3) is 0.222. The molecule has 0 bridgehead atoms. The van der Waals surface area contributed by atoms with Crippen molar-refractivity contribution < 1.29 is 4.42 Å². The van der Waals surface area contributed by atoms with Crippen LogP contribution in [0.5, 0.6) is 0 Å². The van der Waals surface area contributed by atoms with Gasteiger partial charge in [-0.2, -0.15) is 0 Å². The number of rotatable bonds is 6. The lowest BCUT2D eigenvalue weighted by Gasteiger charge is -2.06. The largest absolute Gasteiger partial charge is 0.414 e. The van der Waals surface area contributed by atoms with Crippen molar-refractivity contribution in [3.63, 3.8) is 0 Å². The van der Waals surface area contributed by atoms with Gasteiger partial charge in [-0.05, 0) is 30.0 Å². The summed E-state index contributed by atoms with van der Waals surface area (Å²) >= 11 is 1.54. The Bertz CT molecular complexity index is 758. The van der Waals surface area contributed by atoms with Crippen LogP contribution < -0.4 is 5.73 Å². The molecule has 0 spiro atoms. The summed E-state index contributed by atoms with van der Waals surface area (Å²) in [5.74, 6) is 1.29. The van der Waals surface area contributed by atoms with Gasteiger partial charge < -0.3 is 10.2 Å². The van der Waals surface area contributed by atoms with E-state index in [0.29, 0.717) is 17.5 Å². The fourth-order valence-electron chi connectivity index (χ4n) is 2.30. The molecule has 0 aliphatic rings. The van der Waals surface area contributed by atoms with Crippen LogP contribution in [0.2, 0.25) is 0 Å². The molecular formula is C18H19N3OS. The highest BCUT2D eigenvalue weighted by atomic mass is 32.2. The van der Waals surface area contributed by atoms with E-state index in [4.69, 9.17) is 10.2 Å². The normalized spacial score (nSPS) is 12.3. The summed E-state index contributed by atoms with van der Waals surface area (Å²) in [6, 6.07) is 18.1. The molecule has 2 aromatic carbocycles. The molecule has 5 heteroatoms. The fourth-order valence-corrected chi connectivity index (χ4v) is 3.14. The molecule has 3 aromatic rings. The maximum atomic E-state index is 6.17.